The molecule has 0 atom stereocenters. The van der Waals surface area contributed by atoms with Crippen LogP contribution >= 0.6 is 11.6 Å². The predicted octanol–water partition coefficient (Wildman–Crippen LogP) is 4.94. The number of hydrogen-bond acceptors (Lipinski definition) is 4. The van der Waals surface area contributed by atoms with Crippen molar-refractivity contribution in [3.63, 3.8) is 0 Å². The van der Waals surface area contributed by atoms with E-state index in [1.807, 2.05) is 0 Å². The summed E-state index contributed by atoms with van der Waals surface area (Å²) in [6, 6.07) is 11.0. The second-order valence-electron chi connectivity index (χ2n) is 5.11. The summed E-state index contributed by atoms with van der Waals surface area (Å²) in [5.41, 5.74) is 0.502. The molecule has 0 amide bonds. The number of ketones is 1. The number of benzene rings is 1. The van der Waals surface area contributed by atoms with E-state index in [2.05, 4.69) is 4.98 Å². The molecule has 0 aliphatic rings. The van der Waals surface area contributed by atoms with Gasteiger partial charge in [0.25, 0.3) is 0 Å². The van der Waals surface area contributed by atoms with Gasteiger partial charge in [0.05, 0.1) is 5.02 Å². The van der Waals surface area contributed by atoms with Crippen molar-refractivity contribution in [2.45, 2.75) is 6.61 Å². The van der Waals surface area contributed by atoms with Crippen LogP contribution in [0.3, 0.4) is 0 Å². The third-order valence-corrected chi connectivity index (χ3v) is 3.59. The summed E-state index contributed by atoms with van der Waals surface area (Å²) in [7, 11) is 0. The topological polar surface area (TPSA) is 52.3 Å². The highest BCUT2D eigenvalue weighted by molar-refractivity contribution is 6.30. The average Bonchev–Trinajstić information content (AvgIpc) is 3.09. The molecule has 6 heteroatoms. The lowest BCUT2D eigenvalue weighted by molar-refractivity contribution is 0.104. The zero-order chi connectivity index (χ0) is 17.6. The van der Waals surface area contributed by atoms with E-state index < -0.39 is 5.82 Å². The standard InChI is InChI=1S/C19H13ClFNO3/c20-17-10-15(5-7-18(17)21)24-12-16-4-3-14(25-16)6-8-19(23)13-2-1-9-22-11-13/h1-11H,12H2/b8-6+. The summed E-state index contributed by atoms with van der Waals surface area (Å²) in [4.78, 5) is 15.9. The number of nitrogens with zero attached hydrogens (tertiary/aromatic N) is 1. The molecular weight excluding hydrogens is 345 g/mol. The van der Waals surface area contributed by atoms with Crippen molar-refractivity contribution in [3.05, 3.63) is 88.9 Å². The molecule has 2 aromatic heterocycles. The Balaban J connectivity index is 1.59. The number of ether oxygens (including phenoxy) is 1. The van der Waals surface area contributed by atoms with Gasteiger partial charge in [-0.3, -0.25) is 9.78 Å². The molecule has 3 aromatic rings. The van der Waals surface area contributed by atoms with Crippen LogP contribution in [0.5, 0.6) is 5.75 Å². The predicted molar refractivity (Wildman–Crippen MR) is 92.1 cm³/mol. The number of carbonyl (C=O) groups is 1. The van der Waals surface area contributed by atoms with Crippen LogP contribution in [0.1, 0.15) is 21.9 Å². The van der Waals surface area contributed by atoms with Crippen molar-refractivity contribution in [2.75, 3.05) is 0 Å². The van der Waals surface area contributed by atoms with Gasteiger partial charge in [-0.05, 0) is 48.6 Å². The van der Waals surface area contributed by atoms with Crippen molar-refractivity contribution >= 4 is 23.5 Å². The minimum Gasteiger partial charge on any atom is -0.486 e. The number of furan rings is 1. The number of halogens is 2. The minimum absolute atomic E-state index is 0.00511. The average molecular weight is 358 g/mol. The fourth-order valence-electron chi connectivity index (χ4n) is 2.05. The smallest absolute Gasteiger partial charge is 0.187 e. The fourth-order valence-corrected chi connectivity index (χ4v) is 2.22. The largest absolute Gasteiger partial charge is 0.486 e. The monoisotopic (exact) mass is 357 g/mol. The molecule has 4 nitrogen and oxygen atoms in total. The molecule has 3 rings (SSSR count). The SMILES string of the molecule is O=C(/C=C/c1ccc(COc2ccc(F)c(Cl)c2)o1)c1cccnc1. The molecule has 126 valence electrons. The van der Waals surface area contributed by atoms with Crippen molar-refractivity contribution < 1.29 is 18.3 Å². The van der Waals surface area contributed by atoms with E-state index in [1.165, 1.54) is 30.5 Å². The van der Waals surface area contributed by atoms with Crippen LogP contribution in [0, 0.1) is 5.82 Å². The highest BCUT2D eigenvalue weighted by Gasteiger charge is 2.05. The molecule has 0 bridgehead atoms. The van der Waals surface area contributed by atoms with Crippen molar-refractivity contribution in [2.24, 2.45) is 0 Å². The number of rotatable bonds is 6. The Hall–Kier alpha value is -2.92. The number of hydrogen-bond donors (Lipinski definition) is 0. The van der Waals surface area contributed by atoms with Crippen molar-refractivity contribution in [1.29, 1.82) is 0 Å². The molecule has 0 spiro atoms. The van der Waals surface area contributed by atoms with E-state index in [0.717, 1.165) is 0 Å². The maximum Gasteiger partial charge on any atom is 0.187 e. The molecule has 0 N–H and O–H groups in total. The summed E-state index contributed by atoms with van der Waals surface area (Å²) in [5.74, 6) is 0.856. The van der Waals surface area contributed by atoms with Crippen molar-refractivity contribution in [3.8, 4) is 5.75 Å². The molecule has 0 aliphatic carbocycles. The van der Waals surface area contributed by atoms with Gasteiger partial charge in [-0.25, -0.2) is 4.39 Å². The molecule has 0 fully saturated rings. The second-order valence-corrected chi connectivity index (χ2v) is 5.52. The number of carbonyl (C=O) groups excluding carboxylic acids is 1. The summed E-state index contributed by atoms with van der Waals surface area (Å²) in [6.07, 6.45) is 6.10. The van der Waals surface area contributed by atoms with E-state index >= 15 is 0 Å². The van der Waals surface area contributed by atoms with E-state index in [4.69, 9.17) is 20.8 Å². The Labute approximate surface area is 148 Å². The quantitative estimate of drug-likeness (QED) is 0.463. The van der Waals surface area contributed by atoms with Crippen LogP contribution in [0.25, 0.3) is 6.08 Å². The third kappa shape index (κ3) is 4.55. The van der Waals surface area contributed by atoms with Gasteiger partial charge >= 0.3 is 0 Å². The van der Waals surface area contributed by atoms with Crippen LogP contribution in [0.15, 0.2) is 65.4 Å². The molecule has 0 radical (unpaired) electrons. The zero-order valence-electron chi connectivity index (χ0n) is 13.0. The lowest BCUT2D eigenvalue weighted by Crippen LogP contribution is -1.94. The maximum absolute atomic E-state index is 13.1. The Morgan fingerprint density at radius 1 is 1.28 bits per heavy atom. The maximum atomic E-state index is 13.1. The van der Waals surface area contributed by atoms with Gasteiger partial charge in [-0.2, -0.15) is 0 Å². The summed E-state index contributed by atoms with van der Waals surface area (Å²) in [6.45, 7) is 0.159. The van der Waals surface area contributed by atoms with Gasteiger partial charge in [-0.1, -0.05) is 11.6 Å². The first-order chi connectivity index (χ1) is 12.1. The summed E-state index contributed by atoms with van der Waals surface area (Å²) in [5, 5.41) is -0.00511. The first kappa shape index (κ1) is 16.9. The Morgan fingerprint density at radius 3 is 2.92 bits per heavy atom. The van der Waals surface area contributed by atoms with E-state index in [0.29, 0.717) is 22.8 Å². The Kier molecular flexibility index (Phi) is 5.26. The summed E-state index contributed by atoms with van der Waals surface area (Å²) < 4.78 is 24.1. The first-order valence-electron chi connectivity index (χ1n) is 7.41. The lowest BCUT2D eigenvalue weighted by atomic mass is 10.2. The van der Waals surface area contributed by atoms with Gasteiger partial charge in [0.2, 0.25) is 0 Å². The van der Waals surface area contributed by atoms with Crippen LogP contribution in [-0.4, -0.2) is 10.8 Å². The van der Waals surface area contributed by atoms with Gasteiger partial charge in [-0.15, -0.1) is 0 Å². The number of pyridine rings is 1. The van der Waals surface area contributed by atoms with E-state index in [1.54, 1.807) is 36.5 Å². The van der Waals surface area contributed by atoms with Gasteiger partial charge in [0, 0.05) is 24.0 Å². The zero-order valence-corrected chi connectivity index (χ0v) is 13.7. The molecule has 2 heterocycles. The first-order valence-corrected chi connectivity index (χ1v) is 7.78. The van der Waals surface area contributed by atoms with Crippen LogP contribution in [-0.2, 0) is 6.61 Å². The van der Waals surface area contributed by atoms with E-state index in [-0.39, 0.29) is 17.4 Å². The number of allylic oxidation sites excluding steroid dienone is 1. The van der Waals surface area contributed by atoms with Crippen LogP contribution in [0.2, 0.25) is 5.02 Å². The fraction of sp³-hybridized carbons (Fsp3) is 0.0526. The van der Waals surface area contributed by atoms with Gasteiger partial charge in [0.15, 0.2) is 5.78 Å². The highest BCUT2D eigenvalue weighted by atomic mass is 35.5. The molecule has 0 unspecified atom stereocenters. The molecule has 1 aromatic carbocycles. The molecule has 0 aliphatic heterocycles. The second kappa shape index (κ2) is 7.77. The van der Waals surface area contributed by atoms with Gasteiger partial charge < -0.3 is 9.15 Å². The molecule has 0 saturated heterocycles. The molecule has 0 saturated carbocycles. The summed E-state index contributed by atoms with van der Waals surface area (Å²) >= 11 is 5.70. The molecule has 25 heavy (non-hydrogen) atoms. The Morgan fingerprint density at radius 2 is 2.16 bits per heavy atom. The molecular formula is C19H13ClFNO3. The van der Waals surface area contributed by atoms with E-state index in [9.17, 15) is 9.18 Å². The third-order valence-electron chi connectivity index (χ3n) is 3.30. The highest BCUT2D eigenvalue weighted by Crippen LogP contribution is 2.22. The van der Waals surface area contributed by atoms with Crippen LogP contribution < -0.4 is 4.74 Å². The van der Waals surface area contributed by atoms with Crippen molar-refractivity contribution in [1.82, 2.24) is 4.98 Å². The van der Waals surface area contributed by atoms with Gasteiger partial charge in [0.1, 0.15) is 29.7 Å². The number of aromatic nitrogens is 1. The lowest BCUT2D eigenvalue weighted by Gasteiger charge is -2.04. The normalized spacial score (nSPS) is 11.0. The van der Waals surface area contributed by atoms with Crippen LogP contribution in [0.4, 0.5) is 4.39 Å². The minimum atomic E-state index is -0.502. The Bertz CT molecular complexity index is 906.